The molecule has 0 amide bonds. The zero-order valence-electron chi connectivity index (χ0n) is 16.8. The van der Waals surface area contributed by atoms with E-state index in [-0.39, 0.29) is 11.9 Å². The largest absolute Gasteiger partial charge is 0.430 e. The summed E-state index contributed by atoms with van der Waals surface area (Å²) >= 11 is 0. The highest BCUT2D eigenvalue weighted by molar-refractivity contribution is 6.02. The summed E-state index contributed by atoms with van der Waals surface area (Å²) in [6, 6.07) is 0. The van der Waals surface area contributed by atoms with E-state index in [9.17, 15) is 9.59 Å². The molecule has 3 aliphatic carbocycles. The van der Waals surface area contributed by atoms with Crippen molar-refractivity contribution in [3.63, 3.8) is 0 Å². The van der Waals surface area contributed by atoms with Crippen LogP contribution in [0.5, 0.6) is 0 Å². The van der Waals surface area contributed by atoms with E-state index in [1.54, 1.807) is 0 Å². The number of carbonyl (C=O) groups excluding carboxylic acids is 2. The molecule has 0 spiro atoms. The summed E-state index contributed by atoms with van der Waals surface area (Å²) in [5.41, 5.74) is -2.93. The molecule has 5 rings (SSSR count). The second kappa shape index (κ2) is 5.71. The maximum Gasteiger partial charge on any atom is 0.323 e. The van der Waals surface area contributed by atoms with Gasteiger partial charge in [0, 0.05) is 0 Å². The summed E-state index contributed by atoms with van der Waals surface area (Å²) in [4.78, 5) is 27.1. The van der Waals surface area contributed by atoms with Gasteiger partial charge in [-0.15, -0.1) is 0 Å². The summed E-state index contributed by atoms with van der Waals surface area (Å²) in [7, 11) is 0. The Morgan fingerprint density at radius 3 is 1.64 bits per heavy atom. The molecule has 4 atom stereocenters. The number of cyclic esters (lactones) is 2. The molecule has 0 aromatic carbocycles. The van der Waals surface area contributed by atoms with Crippen LogP contribution in [-0.2, 0) is 19.1 Å². The Balaban J connectivity index is 1.84. The van der Waals surface area contributed by atoms with Crippen molar-refractivity contribution in [3.8, 4) is 0 Å². The lowest BCUT2D eigenvalue weighted by atomic mass is 9.22. The van der Waals surface area contributed by atoms with Crippen molar-refractivity contribution in [3.05, 3.63) is 48.0 Å². The summed E-state index contributed by atoms with van der Waals surface area (Å²) in [5, 5.41) is 0. The van der Waals surface area contributed by atoms with Crippen LogP contribution < -0.4 is 0 Å². The zero-order chi connectivity index (χ0) is 19.6. The van der Waals surface area contributed by atoms with E-state index in [1.807, 2.05) is 0 Å². The summed E-state index contributed by atoms with van der Waals surface area (Å²) < 4.78 is 12.0. The van der Waals surface area contributed by atoms with Gasteiger partial charge in [-0.25, -0.2) is 0 Å². The zero-order valence-corrected chi connectivity index (χ0v) is 16.8. The van der Waals surface area contributed by atoms with Gasteiger partial charge in [0.1, 0.15) is 22.3 Å². The normalized spacial score (nSPS) is 45.2. The van der Waals surface area contributed by atoms with Crippen molar-refractivity contribution in [2.75, 3.05) is 0 Å². The monoisotopic (exact) mass is 380 g/mol. The topological polar surface area (TPSA) is 52.6 Å². The van der Waals surface area contributed by atoms with Gasteiger partial charge in [-0.3, -0.25) is 9.59 Å². The highest BCUT2D eigenvalue weighted by atomic mass is 16.6. The minimum atomic E-state index is -0.825. The van der Waals surface area contributed by atoms with Gasteiger partial charge in [0.15, 0.2) is 0 Å². The van der Waals surface area contributed by atoms with Crippen LogP contribution in [0.1, 0.15) is 65.2 Å². The maximum absolute atomic E-state index is 13.5. The molecule has 0 N–H and O–H groups in total. The van der Waals surface area contributed by atoms with E-state index >= 15 is 0 Å². The summed E-state index contributed by atoms with van der Waals surface area (Å²) in [6.07, 6.45) is 19.3. The van der Waals surface area contributed by atoms with Crippen LogP contribution in [0.25, 0.3) is 0 Å². The van der Waals surface area contributed by atoms with Crippen LogP contribution in [0, 0.1) is 21.7 Å². The summed E-state index contributed by atoms with van der Waals surface area (Å²) in [6.45, 7) is 4.22. The number of carbonyl (C=O) groups is 2. The first-order chi connectivity index (χ1) is 13.6. The van der Waals surface area contributed by atoms with E-state index in [0.29, 0.717) is 11.5 Å². The maximum atomic E-state index is 13.5. The molecule has 0 aromatic heterocycles. The van der Waals surface area contributed by atoms with Crippen molar-refractivity contribution in [1.29, 1.82) is 0 Å². The average molecular weight is 380 g/mol. The minimum Gasteiger partial charge on any atom is -0.430 e. The molecule has 3 fully saturated rings. The van der Waals surface area contributed by atoms with Gasteiger partial charge in [0.2, 0.25) is 0 Å². The second-order valence-corrected chi connectivity index (χ2v) is 8.80. The van der Waals surface area contributed by atoms with E-state index in [4.69, 9.17) is 9.47 Å². The molecule has 1 saturated carbocycles. The van der Waals surface area contributed by atoms with Crippen LogP contribution in [0.4, 0.5) is 0 Å². The van der Waals surface area contributed by atoms with Crippen molar-refractivity contribution in [2.24, 2.45) is 21.7 Å². The third kappa shape index (κ3) is 1.48. The molecule has 28 heavy (non-hydrogen) atoms. The molecule has 0 aromatic rings. The molecule has 4 nitrogen and oxygen atoms in total. The Kier molecular flexibility index (Phi) is 3.66. The van der Waals surface area contributed by atoms with Gasteiger partial charge < -0.3 is 9.47 Å². The highest BCUT2D eigenvalue weighted by Gasteiger charge is 2.98. The fourth-order valence-corrected chi connectivity index (χ4v) is 7.14. The lowest BCUT2D eigenvalue weighted by Crippen LogP contribution is -2.79. The fraction of sp³-hybridized carbons (Fsp3) is 0.583. The SMILES string of the molecule is CCC/C=C1\OC(=O)C23C=CCCC12C12C=CCCC31/C(=C\CCC)OC2=O. The predicted octanol–water partition coefficient (Wildman–Crippen LogP) is 5.13. The van der Waals surface area contributed by atoms with Crippen LogP contribution in [-0.4, -0.2) is 11.9 Å². The number of allylic oxidation sites excluding steroid dienone is 6. The first-order valence-electron chi connectivity index (χ1n) is 10.8. The third-order valence-electron chi connectivity index (χ3n) is 7.93. The summed E-state index contributed by atoms with van der Waals surface area (Å²) in [5.74, 6) is 1.02. The Morgan fingerprint density at radius 1 is 0.821 bits per heavy atom. The van der Waals surface area contributed by atoms with E-state index in [0.717, 1.165) is 51.4 Å². The van der Waals surface area contributed by atoms with Gasteiger partial charge in [0.25, 0.3) is 0 Å². The minimum absolute atomic E-state index is 0.197. The number of rotatable bonds is 4. The molecule has 0 bridgehead atoms. The number of unbranched alkanes of at least 4 members (excludes halogenated alkanes) is 2. The van der Waals surface area contributed by atoms with Crippen molar-refractivity contribution in [2.45, 2.75) is 65.2 Å². The Morgan fingerprint density at radius 2 is 1.25 bits per heavy atom. The van der Waals surface area contributed by atoms with Crippen molar-refractivity contribution >= 4 is 11.9 Å². The lowest BCUT2D eigenvalue weighted by Gasteiger charge is -2.72. The standard InChI is InChI=1S/C24H28O4/c1-3-5-11-17-21-13-7-9-15-23(21,19(25)27-17)22-14-8-10-16-24(21,22)20(26)28-18(22)12-6-4-2/h9-12,15-16H,3-8,13-14H2,1-2H3/b17-11-,18-12+. The van der Waals surface area contributed by atoms with Crippen LogP contribution in [0.15, 0.2) is 48.0 Å². The molecular formula is C24H28O4. The molecule has 5 aliphatic rings. The van der Waals surface area contributed by atoms with Crippen LogP contribution in [0.2, 0.25) is 0 Å². The lowest BCUT2D eigenvalue weighted by molar-refractivity contribution is -0.231. The molecule has 4 heteroatoms. The highest BCUT2D eigenvalue weighted by Crippen LogP contribution is 2.92. The molecule has 2 aliphatic heterocycles. The quantitative estimate of drug-likeness (QED) is 0.501. The van der Waals surface area contributed by atoms with Crippen LogP contribution in [0.3, 0.4) is 0 Å². The molecule has 2 heterocycles. The fourth-order valence-electron chi connectivity index (χ4n) is 7.14. The van der Waals surface area contributed by atoms with E-state index < -0.39 is 21.7 Å². The Labute approximate surface area is 166 Å². The molecule has 148 valence electrons. The van der Waals surface area contributed by atoms with Gasteiger partial charge >= 0.3 is 11.9 Å². The number of hydrogen-bond donors (Lipinski definition) is 0. The molecular weight excluding hydrogens is 352 g/mol. The van der Waals surface area contributed by atoms with Gasteiger partial charge in [-0.1, -0.05) is 51.0 Å². The average Bonchev–Trinajstić information content (AvgIpc) is 3.09. The molecule has 0 radical (unpaired) electrons. The van der Waals surface area contributed by atoms with Gasteiger partial charge in [-0.05, 0) is 50.7 Å². The predicted molar refractivity (Wildman–Crippen MR) is 105 cm³/mol. The first kappa shape index (κ1) is 18.0. The van der Waals surface area contributed by atoms with Gasteiger partial charge in [0.05, 0.1) is 10.8 Å². The third-order valence-corrected chi connectivity index (χ3v) is 7.93. The Hall–Kier alpha value is -2.10. The molecule has 4 unspecified atom stereocenters. The molecule has 2 saturated heterocycles. The van der Waals surface area contributed by atoms with Crippen LogP contribution >= 0.6 is 0 Å². The Bertz CT molecular complexity index is 789. The first-order valence-corrected chi connectivity index (χ1v) is 10.8. The number of ether oxygens (including phenoxy) is 2. The number of hydrogen-bond acceptors (Lipinski definition) is 4. The van der Waals surface area contributed by atoms with E-state index in [2.05, 4.69) is 50.3 Å². The van der Waals surface area contributed by atoms with Gasteiger partial charge in [-0.2, -0.15) is 0 Å². The van der Waals surface area contributed by atoms with Crippen molar-refractivity contribution in [1.82, 2.24) is 0 Å². The van der Waals surface area contributed by atoms with Crippen molar-refractivity contribution < 1.29 is 19.1 Å². The number of esters is 2. The van der Waals surface area contributed by atoms with E-state index in [1.165, 1.54) is 0 Å². The second-order valence-electron chi connectivity index (χ2n) is 8.80. The smallest absolute Gasteiger partial charge is 0.323 e.